The average molecular weight is 308 g/mol. The number of carbonyl (C=O) groups is 1. The second kappa shape index (κ2) is 6.17. The topological polar surface area (TPSA) is 90.1 Å². The molecule has 1 heterocycles. The van der Waals surface area contributed by atoms with Gasteiger partial charge in [-0.25, -0.2) is 8.42 Å². The highest BCUT2D eigenvalue weighted by atomic mass is 32.2. The van der Waals surface area contributed by atoms with Crippen LogP contribution in [0.2, 0.25) is 0 Å². The van der Waals surface area contributed by atoms with Gasteiger partial charge in [-0.05, 0) is 24.1 Å². The van der Waals surface area contributed by atoms with Crippen LogP contribution in [0.4, 0.5) is 0 Å². The second-order valence-corrected chi connectivity index (χ2v) is 6.63. The molecule has 0 bridgehead atoms. The summed E-state index contributed by atoms with van der Waals surface area (Å²) in [5.74, 6) is 0.389. The Morgan fingerprint density at radius 1 is 1.19 bits per heavy atom. The number of ketones is 1. The van der Waals surface area contributed by atoms with Crippen molar-refractivity contribution in [2.75, 3.05) is 6.26 Å². The Labute approximate surface area is 123 Å². The van der Waals surface area contributed by atoms with Gasteiger partial charge in [0.05, 0.1) is 0 Å². The van der Waals surface area contributed by atoms with Crippen molar-refractivity contribution in [3.8, 4) is 11.5 Å². The molecule has 0 spiro atoms. The van der Waals surface area contributed by atoms with Crippen LogP contribution >= 0.6 is 0 Å². The van der Waals surface area contributed by atoms with E-state index in [2.05, 4.69) is 10.2 Å². The van der Waals surface area contributed by atoms with E-state index in [4.69, 9.17) is 4.42 Å². The van der Waals surface area contributed by atoms with E-state index in [-0.39, 0.29) is 11.7 Å². The molecule has 0 fully saturated rings. The zero-order chi connectivity index (χ0) is 15.5. The quantitative estimate of drug-likeness (QED) is 0.811. The predicted octanol–water partition coefficient (Wildman–Crippen LogP) is 2.05. The van der Waals surface area contributed by atoms with Gasteiger partial charge >= 0.3 is 5.22 Å². The third-order valence-corrected chi connectivity index (χ3v) is 3.81. The molecule has 0 radical (unpaired) electrons. The molecule has 0 N–H and O–H groups in total. The highest BCUT2D eigenvalue weighted by molar-refractivity contribution is 7.90. The van der Waals surface area contributed by atoms with E-state index in [1.165, 1.54) is 0 Å². The van der Waals surface area contributed by atoms with E-state index in [9.17, 15) is 13.2 Å². The van der Waals surface area contributed by atoms with Crippen LogP contribution in [0.15, 0.2) is 33.9 Å². The van der Waals surface area contributed by atoms with Crippen molar-refractivity contribution in [1.29, 1.82) is 0 Å². The average Bonchev–Trinajstić information content (AvgIpc) is 2.95. The van der Waals surface area contributed by atoms with E-state index >= 15 is 0 Å². The number of aryl methyl sites for hydroxylation is 1. The van der Waals surface area contributed by atoms with E-state index in [1.807, 2.05) is 19.1 Å². The predicted molar refractivity (Wildman–Crippen MR) is 76.5 cm³/mol. The highest BCUT2D eigenvalue weighted by Crippen LogP contribution is 2.20. The SMILES string of the molecule is CCC(=O)CCc1ccc(-c2nnc(S(C)(=O)=O)o2)cc1. The summed E-state index contributed by atoms with van der Waals surface area (Å²) < 4.78 is 27.7. The molecule has 6 nitrogen and oxygen atoms in total. The molecule has 7 heteroatoms. The normalized spacial score (nSPS) is 11.5. The van der Waals surface area contributed by atoms with Crippen LogP contribution in [0.5, 0.6) is 0 Å². The Morgan fingerprint density at radius 2 is 1.86 bits per heavy atom. The van der Waals surface area contributed by atoms with E-state index in [1.54, 1.807) is 12.1 Å². The maximum absolute atomic E-state index is 11.3. The number of sulfone groups is 1. The van der Waals surface area contributed by atoms with Gasteiger partial charge in [0.25, 0.3) is 0 Å². The van der Waals surface area contributed by atoms with Gasteiger partial charge in [0.15, 0.2) is 0 Å². The summed E-state index contributed by atoms with van der Waals surface area (Å²) in [6.07, 6.45) is 2.77. The first kappa shape index (κ1) is 15.4. The molecule has 2 rings (SSSR count). The number of hydrogen-bond acceptors (Lipinski definition) is 6. The minimum atomic E-state index is -3.50. The molecule has 0 unspecified atom stereocenters. The minimum Gasteiger partial charge on any atom is -0.408 e. The molecule has 0 aliphatic rings. The van der Waals surface area contributed by atoms with Crippen molar-refractivity contribution in [1.82, 2.24) is 10.2 Å². The molecular weight excluding hydrogens is 292 g/mol. The van der Waals surface area contributed by atoms with Crippen LogP contribution in [0.1, 0.15) is 25.3 Å². The minimum absolute atomic E-state index is 0.159. The first-order chi connectivity index (χ1) is 9.90. The van der Waals surface area contributed by atoms with Crippen molar-refractivity contribution in [2.24, 2.45) is 0 Å². The zero-order valence-electron chi connectivity index (χ0n) is 11.9. The molecule has 0 aliphatic carbocycles. The van der Waals surface area contributed by atoms with Crippen LogP contribution in [-0.4, -0.2) is 30.7 Å². The molecule has 1 aromatic carbocycles. The molecular formula is C14H16N2O4S. The van der Waals surface area contributed by atoms with Gasteiger partial charge < -0.3 is 4.42 Å². The Hall–Kier alpha value is -2.02. The fourth-order valence-electron chi connectivity index (χ4n) is 1.75. The van der Waals surface area contributed by atoms with Crippen molar-refractivity contribution >= 4 is 15.6 Å². The van der Waals surface area contributed by atoms with Crippen molar-refractivity contribution in [3.63, 3.8) is 0 Å². The van der Waals surface area contributed by atoms with Gasteiger partial charge in [-0.1, -0.05) is 24.2 Å². The Kier molecular flexibility index (Phi) is 4.52. The molecule has 2 aromatic rings. The lowest BCUT2D eigenvalue weighted by Gasteiger charge is -2.01. The Morgan fingerprint density at radius 3 is 2.38 bits per heavy atom. The number of rotatable bonds is 6. The van der Waals surface area contributed by atoms with Crippen molar-refractivity contribution < 1.29 is 17.6 Å². The number of benzene rings is 1. The first-order valence-electron chi connectivity index (χ1n) is 6.54. The lowest BCUT2D eigenvalue weighted by Crippen LogP contribution is -1.97. The smallest absolute Gasteiger partial charge is 0.335 e. The van der Waals surface area contributed by atoms with Crippen LogP contribution in [0, 0.1) is 0 Å². The van der Waals surface area contributed by atoms with Crippen LogP contribution < -0.4 is 0 Å². The maximum atomic E-state index is 11.3. The van der Waals surface area contributed by atoms with E-state index < -0.39 is 15.1 Å². The van der Waals surface area contributed by atoms with Gasteiger partial charge in [-0.3, -0.25) is 4.79 Å². The van der Waals surface area contributed by atoms with Crippen LogP contribution in [0.3, 0.4) is 0 Å². The lowest BCUT2D eigenvalue weighted by atomic mass is 10.0. The fourth-order valence-corrected chi connectivity index (χ4v) is 2.17. The third-order valence-electron chi connectivity index (χ3n) is 3.01. The van der Waals surface area contributed by atoms with Gasteiger partial charge in [0.2, 0.25) is 15.7 Å². The van der Waals surface area contributed by atoms with Crippen LogP contribution in [-0.2, 0) is 21.1 Å². The van der Waals surface area contributed by atoms with E-state index in [0.29, 0.717) is 24.8 Å². The molecule has 112 valence electrons. The summed E-state index contributed by atoms with van der Waals surface area (Å²) >= 11 is 0. The Balaban J connectivity index is 2.12. The number of hydrogen-bond donors (Lipinski definition) is 0. The number of Topliss-reactive ketones (excluding diaryl/α,β-unsaturated/α-hetero) is 1. The molecule has 21 heavy (non-hydrogen) atoms. The van der Waals surface area contributed by atoms with Gasteiger partial charge in [-0.2, -0.15) is 0 Å². The van der Waals surface area contributed by atoms with Crippen molar-refractivity contribution in [2.45, 2.75) is 31.4 Å². The summed E-state index contributed by atoms with van der Waals surface area (Å²) in [6.45, 7) is 1.85. The van der Waals surface area contributed by atoms with Gasteiger partial charge in [-0.15, -0.1) is 5.10 Å². The molecule has 0 aliphatic heterocycles. The van der Waals surface area contributed by atoms with Gasteiger partial charge in [0, 0.05) is 24.7 Å². The largest absolute Gasteiger partial charge is 0.408 e. The fraction of sp³-hybridized carbons (Fsp3) is 0.357. The highest BCUT2D eigenvalue weighted by Gasteiger charge is 2.17. The number of nitrogens with zero attached hydrogens (tertiary/aromatic N) is 2. The third kappa shape index (κ3) is 3.98. The molecule has 0 saturated heterocycles. The second-order valence-electron chi connectivity index (χ2n) is 4.73. The molecule has 0 amide bonds. The number of aromatic nitrogens is 2. The maximum Gasteiger partial charge on any atom is 0.335 e. The summed E-state index contributed by atoms with van der Waals surface area (Å²) in [5.41, 5.74) is 1.67. The number of carbonyl (C=O) groups excluding carboxylic acids is 1. The van der Waals surface area contributed by atoms with Crippen molar-refractivity contribution in [3.05, 3.63) is 29.8 Å². The molecule has 0 atom stereocenters. The lowest BCUT2D eigenvalue weighted by molar-refractivity contribution is -0.118. The van der Waals surface area contributed by atoms with Crippen LogP contribution in [0.25, 0.3) is 11.5 Å². The standard InChI is InChI=1S/C14H16N2O4S/c1-3-12(17)9-6-10-4-7-11(8-5-10)13-15-16-14(20-13)21(2,18)19/h4-5,7-8H,3,6,9H2,1-2H3. The summed E-state index contributed by atoms with van der Waals surface area (Å²) in [5, 5.41) is 6.83. The van der Waals surface area contributed by atoms with Gasteiger partial charge in [0.1, 0.15) is 5.78 Å². The molecule has 1 aromatic heterocycles. The van der Waals surface area contributed by atoms with E-state index in [0.717, 1.165) is 11.8 Å². The Bertz CT molecular complexity index is 733. The summed E-state index contributed by atoms with van der Waals surface area (Å²) in [4.78, 5) is 11.3. The summed E-state index contributed by atoms with van der Waals surface area (Å²) in [6, 6.07) is 7.27. The zero-order valence-corrected chi connectivity index (χ0v) is 12.7. The monoisotopic (exact) mass is 308 g/mol. The summed E-state index contributed by atoms with van der Waals surface area (Å²) in [7, 11) is -3.50. The first-order valence-corrected chi connectivity index (χ1v) is 8.44. The molecule has 0 saturated carbocycles.